The molecule has 0 spiro atoms. The van der Waals surface area contributed by atoms with Crippen LogP contribution in [0.5, 0.6) is 11.8 Å². The number of ether oxygens (including phenoxy) is 1. The van der Waals surface area contributed by atoms with Crippen LogP contribution in [0.2, 0.25) is 0 Å². The first-order valence-electron chi connectivity index (χ1n) is 4.95. The van der Waals surface area contributed by atoms with Gasteiger partial charge in [0.25, 0.3) is 0 Å². The Labute approximate surface area is 93.6 Å². The van der Waals surface area contributed by atoms with Gasteiger partial charge in [0.2, 0.25) is 0 Å². The Morgan fingerprint density at radius 1 is 1.31 bits per heavy atom. The Hall–Kier alpha value is -1.94. The first-order valence-corrected chi connectivity index (χ1v) is 4.95. The SMILES string of the molecule is Cc1ccnc(Oc2cccc(CO)c2)n1. The van der Waals surface area contributed by atoms with Gasteiger partial charge in [-0.2, -0.15) is 0 Å². The summed E-state index contributed by atoms with van der Waals surface area (Å²) in [5.74, 6) is 0.622. The quantitative estimate of drug-likeness (QED) is 0.853. The van der Waals surface area contributed by atoms with Crippen molar-refractivity contribution in [3.63, 3.8) is 0 Å². The van der Waals surface area contributed by atoms with Crippen LogP contribution in [-0.2, 0) is 6.61 Å². The highest BCUT2D eigenvalue weighted by atomic mass is 16.5. The highest BCUT2D eigenvalue weighted by molar-refractivity contribution is 5.30. The maximum atomic E-state index is 8.99. The molecule has 2 aromatic rings. The largest absolute Gasteiger partial charge is 0.424 e. The third-order valence-electron chi connectivity index (χ3n) is 2.06. The summed E-state index contributed by atoms with van der Waals surface area (Å²) in [5.41, 5.74) is 1.65. The van der Waals surface area contributed by atoms with E-state index in [0.717, 1.165) is 11.3 Å². The molecule has 0 radical (unpaired) electrons. The van der Waals surface area contributed by atoms with Crippen LogP contribution in [0.3, 0.4) is 0 Å². The van der Waals surface area contributed by atoms with Crippen LogP contribution in [-0.4, -0.2) is 15.1 Å². The zero-order chi connectivity index (χ0) is 11.4. The van der Waals surface area contributed by atoms with Gasteiger partial charge >= 0.3 is 6.01 Å². The van der Waals surface area contributed by atoms with Crippen molar-refractivity contribution in [3.8, 4) is 11.8 Å². The summed E-state index contributed by atoms with van der Waals surface area (Å²) in [6.07, 6.45) is 1.65. The molecule has 1 aromatic heterocycles. The molecule has 0 amide bonds. The van der Waals surface area contributed by atoms with Crippen LogP contribution in [0.1, 0.15) is 11.3 Å². The number of hydrogen-bond acceptors (Lipinski definition) is 4. The van der Waals surface area contributed by atoms with Crippen molar-refractivity contribution in [2.45, 2.75) is 13.5 Å². The van der Waals surface area contributed by atoms with Gasteiger partial charge in [-0.05, 0) is 30.7 Å². The van der Waals surface area contributed by atoms with E-state index in [9.17, 15) is 0 Å². The fourth-order valence-corrected chi connectivity index (χ4v) is 1.29. The van der Waals surface area contributed by atoms with Crippen molar-refractivity contribution in [2.24, 2.45) is 0 Å². The second kappa shape index (κ2) is 4.72. The van der Waals surface area contributed by atoms with Gasteiger partial charge in [-0.3, -0.25) is 0 Å². The lowest BCUT2D eigenvalue weighted by Crippen LogP contribution is -1.93. The number of aliphatic hydroxyl groups is 1. The second-order valence-corrected chi connectivity index (χ2v) is 3.39. The molecule has 0 unspecified atom stereocenters. The highest BCUT2D eigenvalue weighted by Crippen LogP contribution is 2.18. The Balaban J connectivity index is 2.20. The topological polar surface area (TPSA) is 55.2 Å². The van der Waals surface area contributed by atoms with Crippen molar-refractivity contribution in [1.29, 1.82) is 0 Å². The lowest BCUT2D eigenvalue weighted by molar-refractivity contribution is 0.281. The molecule has 16 heavy (non-hydrogen) atoms. The zero-order valence-electron chi connectivity index (χ0n) is 8.92. The number of aromatic nitrogens is 2. The number of aliphatic hydroxyl groups excluding tert-OH is 1. The fourth-order valence-electron chi connectivity index (χ4n) is 1.29. The standard InChI is InChI=1S/C12H12N2O2/c1-9-5-6-13-12(14-9)16-11-4-2-3-10(7-11)8-15/h2-7,15H,8H2,1H3. The van der Waals surface area contributed by atoms with Gasteiger partial charge in [-0.15, -0.1) is 0 Å². The summed E-state index contributed by atoms with van der Waals surface area (Å²) in [4.78, 5) is 8.12. The third kappa shape index (κ3) is 2.55. The first-order chi connectivity index (χ1) is 7.78. The number of aryl methyl sites for hydroxylation is 1. The highest BCUT2D eigenvalue weighted by Gasteiger charge is 2.01. The van der Waals surface area contributed by atoms with E-state index < -0.39 is 0 Å². The van der Waals surface area contributed by atoms with E-state index in [0.29, 0.717) is 11.8 Å². The summed E-state index contributed by atoms with van der Waals surface area (Å²) < 4.78 is 5.47. The molecule has 0 aliphatic heterocycles. The van der Waals surface area contributed by atoms with Crippen LogP contribution < -0.4 is 4.74 Å². The summed E-state index contributed by atoms with van der Waals surface area (Å²) in [5, 5.41) is 8.99. The van der Waals surface area contributed by atoms with Gasteiger partial charge in [0.15, 0.2) is 0 Å². The maximum absolute atomic E-state index is 8.99. The van der Waals surface area contributed by atoms with Crippen LogP contribution in [0, 0.1) is 6.92 Å². The fraction of sp³-hybridized carbons (Fsp3) is 0.167. The molecule has 0 bridgehead atoms. The summed E-state index contributed by atoms with van der Waals surface area (Å²) in [6, 6.07) is 9.31. The van der Waals surface area contributed by atoms with E-state index in [1.807, 2.05) is 19.1 Å². The van der Waals surface area contributed by atoms with Crippen LogP contribution in [0.4, 0.5) is 0 Å². The van der Waals surface area contributed by atoms with Gasteiger partial charge in [0, 0.05) is 11.9 Å². The molecule has 0 saturated carbocycles. The molecule has 0 aliphatic rings. The first kappa shape index (κ1) is 10.6. The second-order valence-electron chi connectivity index (χ2n) is 3.39. The number of hydrogen-bond donors (Lipinski definition) is 1. The molecule has 0 fully saturated rings. The molecule has 0 aliphatic carbocycles. The average Bonchev–Trinajstić information content (AvgIpc) is 2.29. The van der Waals surface area contributed by atoms with Crippen molar-refractivity contribution >= 4 is 0 Å². The third-order valence-corrected chi connectivity index (χ3v) is 2.06. The molecule has 4 heteroatoms. The minimum absolute atomic E-state index is 0.00806. The van der Waals surface area contributed by atoms with Gasteiger partial charge in [-0.1, -0.05) is 12.1 Å². The minimum Gasteiger partial charge on any atom is -0.424 e. The molecule has 2 rings (SSSR count). The van der Waals surface area contributed by atoms with Crippen LogP contribution in [0.25, 0.3) is 0 Å². The van der Waals surface area contributed by atoms with Crippen molar-refractivity contribution < 1.29 is 9.84 Å². The van der Waals surface area contributed by atoms with Crippen molar-refractivity contribution in [3.05, 3.63) is 47.8 Å². The summed E-state index contributed by atoms with van der Waals surface area (Å²) >= 11 is 0. The molecule has 82 valence electrons. The maximum Gasteiger partial charge on any atom is 0.322 e. The van der Waals surface area contributed by atoms with E-state index in [1.54, 1.807) is 24.4 Å². The smallest absolute Gasteiger partial charge is 0.322 e. The number of rotatable bonds is 3. The Kier molecular flexibility index (Phi) is 3.12. The molecule has 1 aromatic carbocycles. The zero-order valence-corrected chi connectivity index (χ0v) is 8.92. The lowest BCUT2D eigenvalue weighted by atomic mass is 10.2. The molecule has 1 N–H and O–H groups in total. The Morgan fingerprint density at radius 2 is 2.19 bits per heavy atom. The van der Waals surface area contributed by atoms with Crippen molar-refractivity contribution in [2.75, 3.05) is 0 Å². The molecule has 0 saturated heterocycles. The predicted octanol–water partition coefficient (Wildman–Crippen LogP) is 2.07. The number of nitrogens with zero attached hydrogens (tertiary/aromatic N) is 2. The van der Waals surface area contributed by atoms with Gasteiger partial charge in [0.1, 0.15) is 5.75 Å². The predicted molar refractivity (Wildman–Crippen MR) is 59.2 cm³/mol. The molecule has 1 heterocycles. The van der Waals surface area contributed by atoms with E-state index in [1.165, 1.54) is 0 Å². The average molecular weight is 216 g/mol. The Morgan fingerprint density at radius 3 is 2.94 bits per heavy atom. The lowest BCUT2D eigenvalue weighted by Gasteiger charge is -2.04. The minimum atomic E-state index is -0.00806. The van der Waals surface area contributed by atoms with Crippen LogP contribution in [0.15, 0.2) is 36.5 Å². The van der Waals surface area contributed by atoms with E-state index in [4.69, 9.17) is 9.84 Å². The normalized spacial score (nSPS) is 10.1. The Bertz CT molecular complexity index is 486. The van der Waals surface area contributed by atoms with E-state index >= 15 is 0 Å². The summed E-state index contributed by atoms with van der Waals surface area (Å²) in [7, 11) is 0. The summed E-state index contributed by atoms with van der Waals surface area (Å²) in [6.45, 7) is 1.87. The van der Waals surface area contributed by atoms with Gasteiger partial charge in [0.05, 0.1) is 6.61 Å². The van der Waals surface area contributed by atoms with Crippen LogP contribution >= 0.6 is 0 Å². The van der Waals surface area contributed by atoms with Gasteiger partial charge < -0.3 is 9.84 Å². The van der Waals surface area contributed by atoms with E-state index in [-0.39, 0.29) is 6.61 Å². The molecule has 0 atom stereocenters. The molecular formula is C12H12N2O2. The van der Waals surface area contributed by atoms with Crippen molar-refractivity contribution in [1.82, 2.24) is 9.97 Å². The molecule has 4 nitrogen and oxygen atoms in total. The number of benzene rings is 1. The van der Waals surface area contributed by atoms with E-state index in [2.05, 4.69) is 9.97 Å². The monoisotopic (exact) mass is 216 g/mol. The van der Waals surface area contributed by atoms with Gasteiger partial charge in [-0.25, -0.2) is 9.97 Å². The molecular weight excluding hydrogens is 204 g/mol.